The Morgan fingerprint density at radius 2 is 1.59 bits per heavy atom. The van der Waals surface area contributed by atoms with Gasteiger partial charge >= 0.3 is 12.1 Å². The standard InChI is InChI=1S/C14H29NO6Si/c1-13(2,3)20-12(19)21-15(10(9-16)11(17)18)22(7,8)14(4,5)6/h10,16H,9H2,1-8H3,(H,17,18)/t10-/m0/s1. The van der Waals surface area contributed by atoms with E-state index >= 15 is 0 Å². The molecule has 7 nitrogen and oxygen atoms in total. The second-order valence-corrected chi connectivity index (χ2v) is 12.8. The summed E-state index contributed by atoms with van der Waals surface area (Å²) in [6, 6.07) is -1.33. The fraction of sp³-hybridized carbons (Fsp3) is 0.857. The van der Waals surface area contributed by atoms with Gasteiger partial charge in [0.2, 0.25) is 0 Å². The Morgan fingerprint density at radius 3 is 1.86 bits per heavy atom. The number of aliphatic hydroxyl groups excluding tert-OH is 1. The second kappa shape index (κ2) is 6.97. The van der Waals surface area contributed by atoms with Crippen LogP contribution >= 0.6 is 0 Å². The summed E-state index contributed by atoms with van der Waals surface area (Å²) < 4.78 is 6.24. The zero-order valence-electron chi connectivity index (χ0n) is 14.8. The summed E-state index contributed by atoms with van der Waals surface area (Å²) in [6.45, 7) is 14.0. The summed E-state index contributed by atoms with van der Waals surface area (Å²) in [7, 11) is -2.55. The van der Waals surface area contributed by atoms with Gasteiger partial charge < -0.3 is 19.8 Å². The predicted molar refractivity (Wildman–Crippen MR) is 84.9 cm³/mol. The second-order valence-electron chi connectivity index (χ2n) is 7.73. The molecular formula is C14H29NO6Si. The Labute approximate surface area is 133 Å². The fourth-order valence-corrected chi connectivity index (χ4v) is 3.43. The highest BCUT2D eigenvalue weighted by atomic mass is 28.3. The van der Waals surface area contributed by atoms with Gasteiger partial charge in [0.25, 0.3) is 0 Å². The maximum Gasteiger partial charge on any atom is 0.527 e. The van der Waals surface area contributed by atoms with Crippen molar-refractivity contribution >= 4 is 20.4 Å². The number of aliphatic hydroxyl groups is 1. The highest BCUT2D eigenvalue weighted by Crippen LogP contribution is 2.39. The third-order valence-electron chi connectivity index (χ3n) is 3.69. The van der Waals surface area contributed by atoms with Crippen molar-refractivity contribution in [2.45, 2.75) is 71.3 Å². The molecular weight excluding hydrogens is 306 g/mol. The fourth-order valence-electron chi connectivity index (χ4n) is 1.50. The first-order valence-electron chi connectivity index (χ1n) is 7.17. The Hall–Kier alpha value is -1.12. The molecule has 0 unspecified atom stereocenters. The van der Waals surface area contributed by atoms with Crippen LogP contribution in [-0.2, 0) is 14.4 Å². The quantitative estimate of drug-likeness (QED) is 0.453. The van der Waals surface area contributed by atoms with E-state index in [1.54, 1.807) is 20.8 Å². The number of carbonyl (C=O) groups excluding carboxylic acids is 1. The van der Waals surface area contributed by atoms with Gasteiger partial charge in [0.15, 0.2) is 14.3 Å². The van der Waals surface area contributed by atoms with Gasteiger partial charge in [-0.1, -0.05) is 33.9 Å². The lowest BCUT2D eigenvalue weighted by molar-refractivity contribution is -0.164. The van der Waals surface area contributed by atoms with Gasteiger partial charge in [0.05, 0.1) is 6.61 Å². The first-order valence-corrected chi connectivity index (χ1v) is 10.1. The number of carboxylic acids is 1. The highest BCUT2D eigenvalue weighted by molar-refractivity contribution is 6.77. The van der Waals surface area contributed by atoms with Gasteiger partial charge in [-0.15, -0.1) is 4.73 Å². The molecule has 8 heteroatoms. The predicted octanol–water partition coefficient (Wildman–Crippen LogP) is 2.61. The maximum atomic E-state index is 11.9. The molecule has 0 aromatic heterocycles. The minimum Gasteiger partial charge on any atom is -0.480 e. The van der Waals surface area contributed by atoms with Crippen LogP contribution in [0.2, 0.25) is 18.1 Å². The molecule has 0 heterocycles. The van der Waals surface area contributed by atoms with Crippen LogP contribution in [-0.4, -0.2) is 53.6 Å². The van der Waals surface area contributed by atoms with E-state index in [-0.39, 0.29) is 5.04 Å². The van der Waals surface area contributed by atoms with Gasteiger partial charge in [-0.25, -0.2) is 4.79 Å². The Bertz CT molecular complexity index is 411. The Kier molecular flexibility index (Phi) is 6.61. The zero-order valence-corrected chi connectivity index (χ0v) is 15.8. The van der Waals surface area contributed by atoms with Gasteiger partial charge in [-0.3, -0.25) is 4.79 Å². The topological polar surface area (TPSA) is 96.3 Å². The van der Waals surface area contributed by atoms with Crippen LogP contribution < -0.4 is 0 Å². The molecule has 22 heavy (non-hydrogen) atoms. The van der Waals surface area contributed by atoms with Crippen LogP contribution in [0, 0.1) is 0 Å². The van der Waals surface area contributed by atoms with Crippen molar-refractivity contribution in [3.8, 4) is 0 Å². The average Bonchev–Trinajstić information content (AvgIpc) is 2.23. The van der Waals surface area contributed by atoms with E-state index in [9.17, 15) is 19.8 Å². The van der Waals surface area contributed by atoms with E-state index in [0.717, 1.165) is 4.73 Å². The summed E-state index contributed by atoms with van der Waals surface area (Å²) in [4.78, 5) is 28.6. The summed E-state index contributed by atoms with van der Waals surface area (Å²) >= 11 is 0. The normalized spacial score (nSPS) is 14.6. The smallest absolute Gasteiger partial charge is 0.480 e. The van der Waals surface area contributed by atoms with Crippen LogP contribution in [0.4, 0.5) is 4.79 Å². The lowest BCUT2D eigenvalue weighted by Crippen LogP contribution is -2.62. The van der Waals surface area contributed by atoms with Crippen molar-refractivity contribution in [2.75, 3.05) is 6.61 Å². The van der Waals surface area contributed by atoms with Crippen LogP contribution in [0.3, 0.4) is 0 Å². The lowest BCUT2D eigenvalue weighted by Gasteiger charge is -2.45. The van der Waals surface area contributed by atoms with Crippen LogP contribution in [0.15, 0.2) is 0 Å². The maximum absolute atomic E-state index is 11.9. The monoisotopic (exact) mass is 335 g/mol. The number of aliphatic carboxylic acids is 1. The Balaban J connectivity index is 5.54. The molecule has 0 aromatic rings. The van der Waals surface area contributed by atoms with Crippen molar-refractivity contribution in [3.05, 3.63) is 0 Å². The number of hydrogen-bond acceptors (Lipinski definition) is 6. The van der Waals surface area contributed by atoms with E-state index in [1.165, 1.54) is 0 Å². The molecule has 0 saturated carbocycles. The van der Waals surface area contributed by atoms with Gasteiger partial charge in [-0.05, 0) is 25.8 Å². The van der Waals surface area contributed by atoms with Gasteiger partial charge in [0, 0.05) is 0 Å². The van der Waals surface area contributed by atoms with E-state index < -0.39 is 38.6 Å². The molecule has 0 radical (unpaired) electrons. The molecule has 0 spiro atoms. The summed E-state index contributed by atoms with van der Waals surface area (Å²) in [5, 5.41) is 18.4. The minimum absolute atomic E-state index is 0.294. The van der Waals surface area contributed by atoms with Crippen LogP contribution in [0.25, 0.3) is 0 Å². The van der Waals surface area contributed by atoms with E-state index in [1.807, 2.05) is 33.9 Å². The number of ether oxygens (including phenoxy) is 1. The van der Waals surface area contributed by atoms with Crippen molar-refractivity contribution in [1.29, 1.82) is 0 Å². The van der Waals surface area contributed by atoms with Crippen molar-refractivity contribution in [1.82, 2.24) is 4.73 Å². The number of carbonyl (C=O) groups is 2. The summed E-state index contributed by atoms with van der Waals surface area (Å²) in [6.07, 6.45) is -0.975. The van der Waals surface area contributed by atoms with Crippen molar-refractivity contribution in [2.24, 2.45) is 0 Å². The number of hydrogen-bond donors (Lipinski definition) is 2. The molecule has 130 valence electrons. The molecule has 0 fully saturated rings. The van der Waals surface area contributed by atoms with Crippen LogP contribution in [0.5, 0.6) is 0 Å². The SMILES string of the molecule is CC(C)(C)OC(=O)ON([C@@H](CO)C(=O)O)[Si](C)(C)C(C)(C)C. The van der Waals surface area contributed by atoms with Crippen molar-refractivity contribution in [3.63, 3.8) is 0 Å². The first-order chi connectivity index (χ1) is 9.63. The summed E-state index contributed by atoms with van der Waals surface area (Å²) in [5.74, 6) is -1.25. The molecule has 0 aliphatic heterocycles. The molecule has 0 aromatic carbocycles. The highest BCUT2D eigenvalue weighted by Gasteiger charge is 2.49. The molecule has 0 rings (SSSR count). The third kappa shape index (κ3) is 5.58. The van der Waals surface area contributed by atoms with Gasteiger partial charge in [-0.2, -0.15) is 0 Å². The van der Waals surface area contributed by atoms with Gasteiger partial charge in [0.1, 0.15) is 5.60 Å². The molecule has 0 aliphatic rings. The lowest BCUT2D eigenvalue weighted by atomic mass is 10.2. The van der Waals surface area contributed by atoms with E-state index in [4.69, 9.17) is 9.57 Å². The third-order valence-corrected chi connectivity index (χ3v) is 8.87. The number of hydroxylamine groups is 1. The molecule has 0 saturated heterocycles. The molecule has 0 bridgehead atoms. The molecule has 0 amide bonds. The molecule has 1 atom stereocenters. The number of nitrogens with zero attached hydrogens (tertiary/aromatic N) is 1. The van der Waals surface area contributed by atoms with E-state index in [2.05, 4.69) is 0 Å². The number of carboxylic acid groups (broad SMARTS) is 1. The molecule has 2 N–H and O–H groups in total. The summed E-state index contributed by atoms with van der Waals surface area (Å²) in [5.41, 5.74) is -0.756. The molecule has 0 aliphatic carbocycles. The average molecular weight is 335 g/mol. The first kappa shape index (κ1) is 20.9. The zero-order chi connectivity index (χ0) is 17.9. The number of rotatable bonds is 5. The Morgan fingerprint density at radius 1 is 1.14 bits per heavy atom. The van der Waals surface area contributed by atoms with E-state index in [0.29, 0.717) is 0 Å². The largest absolute Gasteiger partial charge is 0.527 e. The van der Waals surface area contributed by atoms with Crippen molar-refractivity contribution < 1.29 is 29.4 Å². The van der Waals surface area contributed by atoms with Crippen LogP contribution in [0.1, 0.15) is 41.5 Å². The minimum atomic E-state index is -2.55.